The number of hydrogen-bond donors (Lipinski definition) is 1. The van der Waals surface area contributed by atoms with Crippen LogP contribution in [0.3, 0.4) is 0 Å². The van der Waals surface area contributed by atoms with Crippen LogP contribution in [0, 0.1) is 0 Å². The minimum absolute atomic E-state index is 0.0629. The second kappa shape index (κ2) is 8.96. The highest BCUT2D eigenvalue weighted by atomic mass is 32.2. The number of nitrogens with zero attached hydrogens (tertiary/aromatic N) is 4. The maximum Gasteiger partial charge on any atom is 0.230 e. The van der Waals surface area contributed by atoms with Crippen LogP contribution in [0.5, 0.6) is 0 Å². The first-order chi connectivity index (χ1) is 12.8. The summed E-state index contributed by atoms with van der Waals surface area (Å²) in [6.07, 6.45) is 5.14. The first-order valence-corrected chi connectivity index (χ1v) is 9.14. The molecule has 1 aromatic carbocycles. The molecule has 0 atom stereocenters. The fourth-order valence-electron chi connectivity index (χ4n) is 2.38. The van der Waals surface area contributed by atoms with Crippen molar-refractivity contribution in [2.75, 3.05) is 12.3 Å². The number of pyridine rings is 1. The van der Waals surface area contributed by atoms with Gasteiger partial charge in [0, 0.05) is 24.5 Å². The molecular weight excluding hydrogens is 346 g/mol. The van der Waals surface area contributed by atoms with Gasteiger partial charge in [-0.05, 0) is 17.7 Å². The Kier molecular flexibility index (Phi) is 6.16. The largest absolute Gasteiger partial charge is 0.352 e. The number of carbonyl (C=O) groups is 1. The Balaban J connectivity index is 1.85. The number of benzene rings is 1. The molecule has 0 fully saturated rings. The van der Waals surface area contributed by atoms with Crippen molar-refractivity contribution in [1.29, 1.82) is 0 Å². The zero-order chi connectivity index (χ0) is 18.2. The summed E-state index contributed by atoms with van der Waals surface area (Å²) in [6.45, 7) is 4.67. The van der Waals surface area contributed by atoms with Crippen LogP contribution < -0.4 is 5.32 Å². The summed E-state index contributed by atoms with van der Waals surface area (Å²) in [5.41, 5.74) is 2.02. The molecule has 0 radical (unpaired) electrons. The van der Waals surface area contributed by atoms with E-state index in [-0.39, 0.29) is 11.7 Å². The van der Waals surface area contributed by atoms with E-state index in [1.807, 2.05) is 34.9 Å². The van der Waals surface area contributed by atoms with Gasteiger partial charge in [0.05, 0.1) is 12.3 Å². The van der Waals surface area contributed by atoms with E-state index in [0.717, 1.165) is 17.0 Å². The van der Waals surface area contributed by atoms with Crippen LogP contribution in [0.15, 0.2) is 72.7 Å². The van der Waals surface area contributed by atoms with E-state index in [1.165, 1.54) is 11.8 Å². The van der Waals surface area contributed by atoms with E-state index in [2.05, 4.69) is 39.2 Å². The Hall–Kier alpha value is -2.93. The topological polar surface area (TPSA) is 72.7 Å². The lowest BCUT2D eigenvalue weighted by Gasteiger charge is -2.10. The Morgan fingerprint density at radius 1 is 1.19 bits per heavy atom. The third kappa shape index (κ3) is 4.58. The van der Waals surface area contributed by atoms with Gasteiger partial charge in [-0.25, -0.2) is 0 Å². The highest BCUT2D eigenvalue weighted by Gasteiger charge is 2.16. The minimum Gasteiger partial charge on any atom is -0.352 e. The van der Waals surface area contributed by atoms with Crippen molar-refractivity contribution in [3.8, 4) is 11.4 Å². The molecule has 0 unspecified atom stereocenters. The molecule has 3 aromatic rings. The van der Waals surface area contributed by atoms with Gasteiger partial charge < -0.3 is 5.32 Å². The summed E-state index contributed by atoms with van der Waals surface area (Å²) in [7, 11) is 0. The average Bonchev–Trinajstić information content (AvgIpc) is 3.08. The van der Waals surface area contributed by atoms with Crippen molar-refractivity contribution >= 4 is 17.7 Å². The van der Waals surface area contributed by atoms with Crippen LogP contribution in [0.2, 0.25) is 0 Å². The highest BCUT2D eigenvalue weighted by molar-refractivity contribution is 7.99. The molecule has 1 amide bonds. The molecule has 0 saturated carbocycles. The normalized spacial score (nSPS) is 10.5. The van der Waals surface area contributed by atoms with Crippen molar-refractivity contribution in [2.24, 2.45) is 0 Å². The van der Waals surface area contributed by atoms with Crippen LogP contribution in [0.4, 0.5) is 0 Å². The molecule has 0 aliphatic rings. The summed E-state index contributed by atoms with van der Waals surface area (Å²) in [5.74, 6) is 0.941. The summed E-state index contributed by atoms with van der Waals surface area (Å²) < 4.78 is 2.01. The van der Waals surface area contributed by atoms with E-state index < -0.39 is 0 Å². The lowest BCUT2D eigenvalue weighted by molar-refractivity contribution is -0.118. The minimum atomic E-state index is -0.0629. The predicted molar refractivity (Wildman–Crippen MR) is 103 cm³/mol. The molecule has 0 bridgehead atoms. The van der Waals surface area contributed by atoms with Crippen LogP contribution in [-0.2, 0) is 11.3 Å². The zero-order valence-corrected chi connectivity index (χ0v) is 15.0. The molecule has 0 saturated heterocycles. The van der Waals surface area contributed by atoms with Crippen molar-refractivity contribution in [1.82, 2.24) is 25.1 Å². The van der Waals surface area contributed by atoms with Crippen molar-refractivity contribution in [3.63, 3.8) is 0 Å². The average molecular weight is 365 g/mol. The van der Waals surface area contributed by atoms with E-state index in [4.69, 9.17) is 0 Å². The van der Waals surface area contributed by atoms with Crippen molar-refractivity contribution in [2.45, 2.75) is 11.7 Å². The van der Waals surface area contributed by atoms with Gasteiger partial charge in [-0.1, -0.05) is 48.2 Å². The quantitative estimate of drug-likeness (QED) is 0.491. The molecule has 6 nitrogen and oxygen atoms in total. The zero-order valence-electron chi connectivity index (χ0n) is 14.2. The third-order valence-corrected chi connectivity index (χ3v) is 4.56. The predicted octanol–water partition coefficient (Wildman–Crippen LogP) is 2.78. The van der Waals surface area contributed by atoms with Gasteiger partial charge in [-0.2, -0.15) is 0 Å². The fraction of sp³-hybridized carbons (Fsp3) is 0.158. The molecule has 3 rings (SSSR count). The maximum absolute atomic E-state index is 11.9. The molecule has 2 aromatic heterocycles. The van der Waals surface area contributed by atoms with Gasteiger partial charge in [0.2, 0.25) is 5.91 Å². The second-order valence-corrected chi connectivity index (χ2v) is 6.44. The monoisotopic (exact) mass is 365 g/mol. The van der Waals surface area contributed by atoms with Crippen molar-refractivity contribution < 1.29 is 4.79 Å². The molecule has 0 aliphatic heterocycles. The summed E-state index contributed by atoms with van der Waals surface area (Å²) in [6, 6.07) is 13.9. The van der Waals surface area contributed by atoms with Crippen molar-refractivity contribution in [3.05, 3.63) is 73.1 Å². The Bertz CT molecular complexity index is 864. The van der Waals surface area contributed by atoms with Gasteiger partial charge in [0.25, 0.3) is 0 Å². The summed E-state index contributed by atoms with van der Waals surface area (Å²) >= 11 is 1.36. The van der Waals surface area contributed by atoms with Gasteiger partial charge in [-0.15, -0.1) is 16.8 Å². The first kappa shape index (κ1) is 17.9. The standard InChI is InChI=1S/C19H19N5OS/c1-2-10-21-17(25)14-26-19-23-22-18(16-9-6-11-20-12-16)24(19)13-15-7-4-3-5-8-15/h2-9,11-12H,1,10,13-14H2,(H,21,25). The number of rotatable bonds is 8. The number of aromatic nitrogens is 4. The van der Waals surface area contributed by atoms with E-state index in [0.29, 0.717) is 18.2 Å². The van der Waals surface area contributed by atoms with Gasteiger partial charge in [0.15, 0.2) is 11.0 Å². The Morgan fingerprint density at radius 3 is 2.77 bits per heavy atom. The number of carbonyl (C=O) groups excluding carboxylic acids is 1. The van der Waals surface area contributed by atoms with E-state index >= 15 is 0 Å². The lowest BCUT2D eigenvalue weighted by Crippen LogP contribution is -2.25. The maximum atomic E-state index is 11.9. The molecule has 1 N–H and O–H groups in total. The number of hydrogen-bond acceptors (Lipinski definition) is 5. The lowest BCUT2D eigenvalue weighted by atomic mass is 10.2. The van der Waals surface area contributed by atoms with Crippen LogP contribution in [-0.4, -0.2) is 38.0 Å². The highest BCUT2D eigenvalue weighted by Crippen LogP contribution is 2.24. The fourth-order valence-corrected chi connectivity index (χ4v) is 3.15. The van der Waals surface area contributed by atoms with Gasteiger partial charge in [0.1, 0.15) is 0 Å². The first-order valence-electron chi connectivity index (χ1n) is 8.16. The van der Waals surface area contributed by atoms with Crippen LogP contribution in [0.25, 0.3) is 11.4 Å². The van der Waals surface area contributed by atoms with Gasteiger partial charge in [-0.3, -0.25) is 14.3 Å². The van der Waals surface area contributed by atoms with Gasteiger partial charge >= 0.3 is 0 Å². The number of amides is 1. The Morgan fingerprint density at radius 2 is 2.04 bits per heavy atom. The van der Waals surface area contributed by atoms with Crippen LogP contribution in [0.1, 0.15) is 5.56 Å². The molecule has 2 heterocycles. The molecule has 0 spiro atoms. The SMILES string of the molecule is C=CCNC(=O)CSc1nnc(-c2cccnc2)n1Cc1ccccc1. The summed E-state index contributed by atoms with van der Waals surface area (Å²) in [4.78, 5) is 16.0. The summed E-state index contributed by atoms with van der Waals surface area (Å²) in [5, 5.41) is 12.1. The third-order valence-electron chi connectivity index (χ3n) is 3.60. The molecule has 0 aliphatic carbocycles. The smallest absolute Gasteiger partial charge is 0.230 e. The van der Waals surface area contributed by atoms with E-state index in [9.17, 15) is 4.79 Å². The molecule has 7 heteroatoms. The number of thioether (sulfide) groups is 1. The van der Waals surface area contributed by atoms with Crippen LogP contribution >= 0.6 is 11.8 Å². The molecule has 26 heavy (non-hydrogen) atoms. The molecule has 132 valence electrons. The second-order valence-electron chi connectivity index (χ2n) is 5.50. The van der Waals surface area contributed by atoms with E-state index in [1.54, 1.807) is 18.5 Å². The Labute approximate surface area is 156 Å². The number of nitrogens with one attached hydrogen (secondary N) is 1. The molecular formula is C19H19N5OS.